The van der Waals surface area contributed by atoms with E-state index in [0.29, 0.717) is 22.0 Å². The molecule has 6 nitrogen and oxygen atoms in total. The highest BCUT2D eigenvalue weighted by atomic mass is 35.5. The third-order valence-electron chi connectivity index (χ3n) is 4.90. The predicted octanol–water partition coefficient (Wildman–Crippen LogP) is 5.52. The minimum absolute atomic E-state index is 0.0975. The number of halogens is 1. The first kappa shape index (κ1) is 23.6. The van der Waals surface area contributed by atoms with Gasteiger partial charge in [0, 0.05) is 5.69 Å². The Kier molecular flexibility index (Phi) is 7.85. The van der Waals surface area contributed by atoms with Crippen LogP contribution in [0.5, 0.6) is 5.75 Å². The zero-order valence-corrected chi connectivity index (χ0v) is 18.9. The van der Waals surface area contributed by atoms with Crippen LogP contribution in [-0.4, -0.2) is 18.4 Å². The Morgan fingerprint density at radius 2 is 1.73 bits per heavy atom. The number of carbonyl (C=O) groups is 2. The number of carbonyl (C=O) groups excluding carboxylic acids is 2. The molecule has 2 N–H and O–H groups in total. The lowest BCUT2D eigenvalue weighted by Crippen LogP contribution is -2.20. The number of rotatable bonds is 7. The number of nitrogens with one attached hydrogen (secondary N) is 2. The van der Waals surface area contributed by atoms with Crippen LogP contribution in [0.3, 0.4) is 0 Å². The molecule has 2 amide bonds. The molecule has 3 aromatic carbocycles. The van der Waals surface area contributed by atoms with Gasteiger partial charge < -0.3 is 15.4 Å². The summed E-state index contributed by atoms with van der Waals surface area (Å²) in [7, 11) is 0. The number of nitrogens with zero attached hydrogens (tertiary/aromatic N) is 1. The minimum Gasteiger partial charge on any atom is -0.484 e. The smallest absolute Gasteiger partial charge is 0.266 e. The molecule has 0 aromatic heterocycles. The molecule has 0 aliphatic rings. The van der Waals surface area contributed by atoms with Crippen LogP contribution in [0.2, 0.25) is 5.02 Å². The molecule has 0 saturated heterocycles. The highest BCUT2D eigenvalue weighted by Crippen LogP contribution is 2.22. The lowest BCUT2D eigenvalue weighted by Gasteiger charge is -2.11. The van der Waals surface area contributed by atoms with E-state index in [1.165, 1.54) is 6.08 Å². The van der Waals surface area contributed by atoms with E-state index in [1.54, 1.807) is 48.5 Å². The molecule has 0 heterocycles. The summed E-state index contributed by atoms with van der Waals surface area (Å²) < 4.78 is 5.60. The number of para-hydroxylation sites is 1. The molecular formula is C26H22ClN3O3. The van der Waals surface area contributed by atoms with Crippen molar-refractivity contribution in [3.63, 3.8) is 0 Å². The first-order chi connectivity index (χ1) is 15.9. The van der Waals surface area contributed by atoms with Crippen LogP contribution in [-0.2, 0) is 9.59 Å². The number of amides is 2. The van der Waals surface area contributed by atoms with Crippen LogP contribution in [0, 0.1) is 25.2 Å². The zero-order valence-electron chi connectivity index (χ0n) is 18.2. The molecule has 166 valence electrons. The first-order valence-corrected chi connectivity index (χ1v) is 10.5. The van der Waals surface area contributed by atoms with Gasteiger partial charge in [-0.25, -0.2) is 0 Å². The number of anilines is 2. The number of aryl methyl sites for hydroxylation is 1. The number of nitriles is 1. The topological polar surface area (TPSA) is 91.2 Å². The largest absolute Gasteiger partial charge is 0.484 e. The third kappa shape index (κ3) is 6.45. The normalized spacial score (nSPS) is 10.8. The molecule has 0 radical (unpaired) electrons. The van der Waals surface area contributed by atoms with Gasteiger partial charge in [0.05, 0.1) is 10.7 Å². The second-order valence-corrected chi connectivity index (χ2v) is 7.67. The summed E-state index contributed by atoms with van der Waals surface area (Å²) in [6.45, 7) is 3.74. The number of hydrogen-bond acceptors (Lipinski definition) is 4. The van der Waals surface area contributed by atoms with Crippen molar-refractivity contribution in [1.29, 1.82) is 5.26 Å². The molecule has 0 unspecified atom stereocenters. The van der Waals surface area contributed by atoms with Crippen molar-refractivity contribution >= 4 is 40.9 Å². The van der Waals surface area contributed by atoms with E-state index in [0.717, 1.165) is 16.8 Å². The highest BCUT2D eigenvalue weighted by Gasteiger charge is 2.12. The van der Waals surface area contributed by atoms with Gasteiger partial charge in [0.1, 0.15) is 17.4 Å². The van der Waals surface area contributed by atoms with Crippen LogP contribution >= 0.6 is 11.6 Å². The maximum atomic E-state index is 12.5. The van der Waals surface area contributed by atoms with E-state index in [1.807, 2.05) is 38.1 Å². The molecular weight excluding hydrogens is 438 g/mol. The Labute approximate surface area is 197 Å². The van der Waals surface area contributed by atoms with Gasteiger partial charge in [0.2, 0.25) is 0 Å². The summed E-state index contributed by atoms with van der Waals surface area (Å²) in [6.07, 6.45) is 1.44. The minimum atomic E-state index is -0.579. The number of ether oxygens (including phenoxy) is 1. The predicted molar refractivity (Wildman–Crippen MR) is 130 cm³/mol. The summed E-state index contributed by atoms with van der Waals surface area (Å²) in [5.41, 5.74) is 3.71. The van der Waals surface area contributed by atoms with Crippen LogP contribution in [0.25, 0.3) is 6.08 Å². The summed E-state index contributed by atoms with van der Waals surface area (Å²) in [4.78, 5) is 24.8. The molecule has 0 atom stereocenters. The molecule has 3 aromatic rings. The van der Waals surface area contributed by atoms with E-state index in [4.69, 9.17) is 16.3 Å². The van der Waals surface area contributed by atoms with Gasteiger partial charge in [-0.1, -0.05) is 48.0 Å². The Hall–Kier alpha value is -4.08. The summed E-state index contributed by atoms with van der Waals surface area (Å²) in [5, 5.41) is 15.3. The molecule has 33 heavy (non-hydrogen) atoms. The van der Waals surface area contributed by atoms with E-state index < -0.39 is 5.91 Å². The second-order valence-electron chi connectivity index (χ2n) is 7.26. The highest BCUT2D eigenvalue weighted by molar-refractivity contribution is 6.34. The lowest BCUT2D eigenvalue weighted by atomic mass is 10.1. The van der Waals surface area contributed by atoms with Gasteiger partial charge in [0.25, 0.3) is 11.8 Å². The molecule has 0 bridgehead atoms. The average molecular weight is 460 g/mol. The first-order valence-electron chi connectivity index (χ1n) is 10.1. The molecule has 0 spiro atoms. The van der Waals surface area contributed by atoms with Crippen LogP contribution < -0.4 is 15.4 Å². The van der Waals surface area contributed by atoms with Gasteiger partial charge in [-0.2, -0.15) is 5.26 Å². The van der Waals surface area contributed by atoms with Crippen molar-refractivity contribution in [1.82, 2.24) is 0 Å². The standard InChI is InChI=1S/C26H22ClN3O3/c1-17-7-5-12-23(18(17)2)29-25(31)16-33-21-9-6-8-19(14-21)13-20(15-28)26(32)30-24-11-4-3-10-22(24)27/h3-14H,16H2,1-2H3,(H,29,31)(H,30,32)/b20-13+. The second kappa shape index (κ2) is 11.0. The Morgan fingerprint density at radius 1 is 1.00 bits per heavy atom. The van der Waals surface area contributed by atoms with E-state index in [2.05, 4.69) is 10.6 Å². The summed E-state index contributed by atoms with van der Waals surface area (Å²) in [6, 6.07) is 21.1. The zero-order chi connectivity index (χ0) is 23.8. The van der Waals surface area contributed by atoms with Crippen molar-refractivity contribution in [3.8, 4) is 11.8 Å². The van der Waals surface area contributed by atoms with Gasteiger partial charge in [-0.3, -0.25) is 9.59 Å². The monoisotopic (exact) mass is 459 g/mol. The maximum absolute atomic E-state index is 12.5. The van der Waals surface area contributed by atoms with Crippen LogP contribution in [0.4, 0.5) is 11.4 Å². The van der Waals surface area contributed by atoms with Crippen molar-refractivity contribution in [2.75, 3.05) is 17.2 Å². The van der Waals surface area contributed by atoms with Crippen LogP contribution in [0.1, 0.15) is 16.7 Å². The molecule has 0 saturated carbocycles. The maximum Gasteiger partial charge on any atom is 0.266 e. The number of hydrogen-bond donors (Lipinski definition) is 2. The Morgan fingerprint density at radius 3 is 2.48 bits per heavy atom. The van der Waals surface area contributed by atoms with Gasteiger partial charge >= 0.3 is 0 Å². The van der Waals surface area contributed by atoms with Gasteiger partial charge in [-0.15, -0.1) is 0 Å². The van der Waals surface area contributed by atoms with Crippen molar-refractivity contribution in [2.24, 2.45) is 0 Å². The fourth-order valence-corrected chi connectivity index (χ4v) is 3.17. The fourth-order valence-electron chi connectivity index (χ4n) is 2.98. The quantitative estimate of drug-likeness (QED) is 0.359. The van der Waals surface area contributed by atoms with E-state index >= 15 is 0 Å². The fraction of sp³-hybridized carbons (Fsp3) is 0.115. The Bertz CT molecular complexity index is 1260. The molecule has 0 aliphatic carbocycles. The van der Waals surface area contributed by atoms with Crippen LogP contribution in [0.15, 0.2) is 72.3 Å². The van der Waals surface area contributed by atoms with Gasteiger partial charge in [-0.05, 0) is 66.9 Å². The summed E-state index contributed by atoms with van der Waals surface area (Å²) in [5.74, 6) is -0.435. The third-order valence-corrected chi connectivity index (χ3v) is 5.23. The number of benzene rings is 3. The van der Waals surface area contributed by atoms with Crippen molar-refractivity contribution in [3.05, 3.63) is 94.0 Å². The molecule has 0 aliphatic heterocycles. The van der Waals surface area contributed by atoms with Crippen molar-refractivity contribution < 1.29 is 14.3 Å². The average Bonchev–Trinajstić information content (AvgIpc) is 2.81. The SMILES string of the molecule is Cc1cccc(NC(=O)COc2cccc(/C=C(\C#N)C(=O)Nc3ccccc3Cl)c2)c1C. The molecule has 7 heteroatoms. The van der Waals surface area contributed by atoms with E-state index in [9.17, 15) is 14.9 Å². The lowest BCUT2D eigenvalue weighted by molar-refractivity contribution is -0.118. The van der Waals surface area contributed by atoms with Gasteiger partial charge in [0.15, 0.2) is 6.61 Å². The summed E-state index contributed by atoms with van der Waals surface area (Å²) >= 11 is 6.06. The Balaban J connectivity index is 1.65. The van der Waals surface area contributed by atoms with E-state index in [-0.39, 0.29) is 18.1 Å². The molecule has 0 fully saturated rings. The van der Waals surface area contributed by atoms with Crippen molar-refractivity contribution in [2.45, 2.75) is 13.8 Å². The molecule has 3 rings (SSSR count).